The topological polar surface area (TPSA) is 50.3 Å². The second kappa shape index (κ2) is 9.41. The summed E-state index contributed by atoms with van der Waals surface area (Å²) in [5.74, 6) is 1.33. The molecule has 0 amide bonds. The van der Waals surface area contributed by atoms with Crippen LogP contribution in [0.15, 0.2) is 24.3 Å². The summed E-state index contributed by atoms with van der Waals surface area (Å²) in [5.41, 5.74) is -0.635. The molecule has 0 bridgehead atoms. The summed E-state index contributed by atoms with van der Waals surface area (Å²) >= 11 is 0. The lowest BCUT2D eigenvalue weighted by atomic mass is 10.00. The molecular weight excluding hydrogens is 448 g/mol. The Kier molecular flexibility index (Phi) is 6.50. The van der Waals surface area contributed by atoms with Crippen molar-refractivity contribution >= 4 is 5.82 Å². The normalized spacial score (nSPS) is 26.1. The van der Waals surface area contributed by atoms with E-state index in [-0.39, 0.29) is 23.1 Å². The number of benzene rings is 1. The molecule has 9 heteroatoms. The number of hydrogen-bond donors (Lipinski definition) is 1. The van der Waals surface area contributed by atoms with Crippen molar-refractivity contribution < 1.29 is 22.3 Å². The summed E-state index contributed by atoms with van der Waals surface area (Å²) in [6, 6.07) is 4.83. The van der Waals surface area contributed by atoms with E-state index in [4.69, 9.17) is 4.74 Å². The van der Waals surface area contributed by atoms with Crippen LogP contribution in [0.4, 0.5) is 23.4 Å². The fourth-order valence-electron chi connectivity index (χ4n) is 5.89. The van der Waals surface area contributed by atoms with Crippen molar-refractivity contribution in [2.75, 3.05) is 38.2 Å². The van der Waals surface area contributed by atoms with Gasteiger partial charge in [0, 0.05) is 44.5 Å². The van der Waals surface area contributed by atoms with Gasteiger partial charge in [0.1, 0.15) is 17.3 Å². The van der Waals surface area contributed by atoms with Crippen LogP contribution in [0, 0.1) is 30.5 Å². The number of rotatable bonds is 5. The third-order valence-corrected chi connectivity index (χ3v) is 7.59. The van der Waals surface area contributed by atoms with Crippen molar-refractivity contribution in [2.45, 2.75) is 44.8 Å². The molecule has 5 rings (SSSR count). The van der Waals surface area contributed by atoms with Crippen LogP contribution in [-0.2, 0) is 10.9 Å². The molecule has 2 aliphatic heterocycles. The van der Waals surface area contributed by atoms with Gasteiger partial charge >= 0.3 is 6.18 Å². The molecule has 1 unspecified atom stereocenters. The van der Waals surface area contributed by atoms with Crippen LogP contribution in [0.3, 0.4) is 0 Å². The fourth-order valence-corrected chi connectivity index (χ4v) is 5.89. The molecule has 34 heavy (non-hydrogen) atoms. The number of halogens is 4. The number of fused-ring (bicyclic) bond motifs is 1. The van der Waals surface area contributed by atoms with Gasteiger partial charge < -0.3 is 15.0 Å². The Morgan fingerprint density at radius 2 is 1.76 bits per heavy atom. The van der Waals surface area contributed by atoms with E-state index >= 15 is 0 Å². The molecule has 3 atom stereocenters. The molecule has 1 N–H and O–H groups in total. The van der Waals surface area contributed by atoms with E-state index in [1.807, 2.05) is 0 Å². The lowest BCUT2D eigenvalue weighted by molar-refractivity contribution is -0.137. The summed E-state index contributed by atoms with van der Waals surface area (Å²) in [4.78, 5) is 2.55. The van der Waals surface area contributed by atoms with Crippen LogP contribution in [0.5, 0.6) is 0 Å². The van der Waals surface area contributed by atoms with Gasteiger partial charge in [0.15, 0.2) is 0 Å². The molecule has 3 aliphatic rings. The van der Waals surface area contributed by atoms with E-state index in [0.29, 0.717) is 23.3 Å². The summed E-state index contributed by atoms with van der Waals surface area (Å²) in [6.45, 7) is 6.57. The molecule has 2 saturated heterocycles. The quantitative estimate of drug-likeness (QED) is 0.602. The van der Waals surface area contributed by atoms with Crippen molar-refractivity contribution in [3.05, 3.63) is 41.2 Å². The van der Waals surface area contributed by atoms with Crippen LogP contribution in [0.25, 0.3) is 11.3 Å². The van der Waals surface area contributed by atoms with Crippen molar-refractivity contribution in [2.24, 2.45) is 17.8 Å². The number of nitrogens with one attached hydrogen (secondary N) is 1. The first-order valence-electron chi connectivity index (χ1n) is 12.0. The smallest absolute Gasteiger partial charge is 0.381 e. The minimum Gasteiger partial charge on any atom is -0.381 e. The number of alkyl halides is 3. The second-order valence-electron chi connectivity index (χ2n) is 10.1. The van der Waals surface area contributed by atoms with Gasteiger partial charge in [-0.2, -0.15) is 13.2 Å². The molecule has 1 saturated carbocycles. The second-order valence-corrected chi connectivity index (χ2v) is 10.1. The SMILES string of the molecule is Cc1ccc(F)cc1-c1nnc(NC2C[C@@H]3CN(CC4CCOCC4)C[C@@H]3C2)cc1C(F)(F)F. The van der Waals surface area contributed by atoms with Gasteiger partial charge in [-0.15, -0.1) is 10.2 Å². The molecule has 3 fully saturated rings. The Morgan fingerprint density at radius 3 is 2.44 bits per heavy atom. The van der Waals surface area contributed by atoms with Crippen molar-refractivity contribution in [3.63, 3.8) is 0 Å². The maximum Gasteiger partial charge on any atom is 0.418 e. The first-order chi connectivity index (χ1) is 16.3. The Labute approximate surface area is 196 Å². The minimum absolute atomic E-state index is 0.0809. The Morgan fingerprint density at radius 1 is 1.06 bits per heavy atom. The van der Waals surface area contributed by atoms with Gasteiger partial charge in [0.05, 0.1) is 5.56 Å². The summed E-state index contributed by atoms with van der Waals surface area (Å²) in [6.07, 6.45) is -0.536. The molecule has 184 valence electrons. The van der Waals surface area contributed by atoms with Crippen LogP contribution >= 0.6 is 0 Å². The van der Waals surface area contributed by atoms with E-state index in [9.17, 15) is 17.6 Å². The van der Waals surface area contributed by atoms with Crippen LogP contribution in [-0.4, -0.2) is 54.0 Å². The maximum atomic E-state index is 13.9. The highest BCUT2D eigenvalue weighted by atomic mass is 19.4. The fraction of sp³-hybridized carbons (Fsp3) is 0.600. The average molecular weight is 479 g/mol. The highest BCUT2D eigenvalue weighted by Gasteiger charge is 2.42. The van der Waals surface area contributed by atoms with E-state index in [1.165, 1.54) is 12.1 Å². The monoisotopic (exact) mass is 478 g/mol. The number of aromatic nitrogens is 2. The molecule has 1 aliphatic carbocycles. The molecule has 0 radical (unpaired) electrons. The summed E-state index contributed by atoms with van der Waals surface area (Å²) in [5, 5.41) is 11.1. The summed E-state index contributed by atoms with van der Waals surface area (Å²) in [7, 11) is 0. The number of aryl methyl sites for hydroxylation is 1. The minimum atomic E-state index is -4.63. The molecule has 2 aromatic rings. The largest absolute Gasteiger partial charge is 0.418 e. The molecule has 1 aromatic carbocycles. The van der Waals surface area contributed by atoms with E-state index in [0.717, 1.165) is 70.7 Å². The van der Waals surface area contributed by atoms with Crippen molar-refractivity contribution in [1.82, 2.24) is 15.1 Å². The predicted molar refractivity (Wildman–Crippen MR) is 121 cm³/mol. The van der Waals surface area contributed by atoms with Gasteiger partial charge in [-0.05, 0) is 74.1 Å². The lowest BCUT2D eigenvalue weighted by Gasteiger charge is -2.27. The standard InChI is InChI=1S/C25H30F4N4O/c1-15-2-3-19(26)10-21(15)24-22(25(27,28)29)11-23(31-32-24)30-20-8-17-13-33(14-18(17)9-20)12-16-4-6-34-7-5-16/h2-3,10-11,16-18,20H,4-9,12-14H2,1H3,(H,30,31)/t17-,18+,20?. The Bertz CT molecular complexity index is 1010. The highest BCUT2D eigenvalue weighted by molar-refractivity contribution is 5.68. The van der Waals surface area contributed by atoms with Crippen LogP contribution < -0.4 is 5.32 Å². The lowest BCUT2D eigenvalue weighted by Crippen LogP contribution is -2.32. The maximum absolute atomic E-state index is 13.9. The van der Waals surface area contributed by atoms with Crippen molar-refractivity contribution in [1.29, 1.82) is 0 Å². The molecular formula is C25H30F4N4O. The van der Waals surface area contributed by atoms with Crippen LogP contribution in [0.1, 0.15) is 36.8 Å². The first-order valence-corrected chi connectivity index (χ1v) is 12.0. The predicted octanol–water partition coefficient (Wildman–Crippen LogP) is 5.16. The zero-order valence-electron chi connectivity index (χ0n) is 19.2. The molecule has 0 spiro atoms. The molecule has 1 aromatic heterocycles. The van der Waals surface area contributed by atoms with Gasteiger partial charge in [-0.1, -0.05) is 6.07 Å². The number of nitrogens with zero attached hydrogens (tertiary/aromatic N) is 3. The van der Waals surface area contributed by atoms with Crippen LogP contribution in [0.2, 0.25) is 0 Å². The van der Waals surface area contributed by atoms with E-state index < -0.39 is 17.6 Å². The van der Waals surface area contributed by atoms with E-state index in [1.54, 1.807) is 6.92 Å². The van der Waals surface area contributed by atoms with Crippen molar-refractivity contribution in [3.8, 4) is 11.3 Å². The Hall–Kier alpha value is -2.26. The van der Waals surface area contributed by atoms with Gasteiger partial charge in [0.25, 0.3) is 0 Å². The number of ether oxygens (including phenoxy) is 1. The molecule has 3 heterocycles. The number of anilines is 1. The van der Waals surface area contributed by atoms with Gasteiger partial charge in [-0.3, -0.25) is 0 Å². The zero-order valence-corrected chi connectivity index (χ0v) is 19.2. The van der Waals surface area contributed by atoms with Gasteiger partial charge in [0.2, 0.25) is 0 Å². The number of likely N-dealkylation sites (tertiary alicyclic amines) is 1. The summed E-state index contributed by atoms with van der Waals surface area (Å²) < 4.78 is 60.8. The third-order valence-electron chi connectivity index (χ3n) is 7.59. The van der Waals surface area contributed by atoms with Gasteiger partial charge in [-0.25, -0.2) is 4.39 Å². The first kappa shape index (κ1) is 23.5. The third kappa shape index (κ3) is 5.05. The number of hydrogen-bond acceptors (Lipinski definition) is 5. The van der Waals surface area contributed by atoms with E-state index in [2.05, 4.69) is 20.4 Å². The Balaban J connectivity index is 1.26. The average Bonchev–Trinajstić information content (AvgIpc) is 3.33. The molecule has 5 nitrogen and oxygen atoms in total. The highest BCUT2D eigenvalue weighted by Crippen LogP contribution is 2.41. The zero-order chi connectivity index (χ0) is 23.9.